The summed E-state index contributed by atoms with van der Waals surface area (Å²) >= 11 is 0. The maximum Gasteiger partial charge on any atom is 0.256 e. The van der Waals surface area contributed by atoms with Crippen LogP contribution in [0.2, 0.25) is 0 Å². The Bertz CT molecular complexity index is 511. The Kier molecular flexibility index (Phi) is 5.33. The van der Waals surface area contributed by atoms with Crippen LogP contribution in [0.15, 0.2) is 18.2 Å². The molecule has 2 N–H and O–H groups in total. The number of hydrogen-bond donors (Lipinski definition) is 1. The molecule has 0 saturated carbocycles. The number of anilines is 2. The van der Waals surface area contributed by atoms with E-state index in [0.717, 1.165) is 37.2 Å². The highest BCUT2D eigenvalue weighted by Gasteiger charge is 2.25. The van der Waals surface area contributed by atoms with Crippen molar-refractivity contribution in [1.82, 2.24) is 4.90 Å². The van der Waals surface area contributed by atoms with Crippen LogP contribution in [0.3, 0.4) is 0 Å². The lowest BCUT2D eigenvalue weighted by atomic mass is 10.0. The molecule has 122 valence electrons. The third kappa shape index (κ3) is 3.54. The lowest BCUT2D eigenvalue weighted by Gasteiger charge is -2.36. The van der Waals surface area contributed by atoms with Gasteiger partial charge < -0.3 is 15.5 Å². The van der Waals surface area contributed by atoms with E-state index < -0.39 is 0 Å². The van der Waals surface area contributed by atoms with Crippen molar-refractivity contribution in [2.75, 3.05) is 23.7 Å². The Balaban J connectivity index is 2.40. The highest BCUT2D eigenvalue weighted by atomic mass is 16.2. The SMILES string of the molecule is CC(C)N(c1ccc(N)cc1C(=O)N1CCCCC1)C(C)C. The predicted octanol–water partition coefficient (Wildman–Crippen LogP) is 3.52. The molecule has 0 atom stereocenters. The van der Waals surface area contributed by atoms with Gasteiger partial charge >= 0.3 is 0 Å². The maximum atomic E-state index is 13.0. The molecule has 1 aliphatic heterocycles. The number of nitrogens with zero attached hydrogens (tertiary/aromatic N) is 2. The van der Waals surface area contributed by atoms with E-state index in [9.17, 15) is 4.79 Å². The summed E-state index contributed by atoms with van der Waals surface area (Å²) in [5.74, 6) is 0.119. The van der Waals surface area contributed by atoms with Gasteiger partial charge in [0.2, 0.25) is 0 Å². The smallest absolute Gasteiger partial charge is 0.256 e. The first-order valence-corrected chi connectivity index (χ1v) is 8.39. The number of benzene rings is 1. The summed E-state index contributed by atoms with van der Waals surface area (Å²) < 4.78 is 0. The summed E-state index contributed by atoms with van der Waals surface area (Å²) in [6.45, 7) is 10.3. The molecule has 0 spiro atoms. The van der Waals surface area contributed by atoms with Gasteiger partial charge in [-0.05, 0) is 65.2 Å². The average Bonchev–Trinajstić information content (AvgIpc) is 2.48. The Morgan fingerprint density at radius 1 is 1.09 bits per heavy atom. The summed E-state index contributed by atoms with van der Waals surface area (Å²) in [5.41, 5.74) is 8.34. The number of nitrogen functional groups attached to an aromatic ring is 1. The minimum Gasteiger partial charge on any atom is -0.399 e. The molecule has 0 aliphatic carbocycles. The fourth-order valence-electron chi connectivity index (χ4n) is 3.37. The van der Waals surface area contributed by atoms with Crippen LogP contribution in [0.4, 0.5) is 11.4 Å². The van der Waals surface area contributed by atoms with Crippen LogP contribution in [0, 0.1) is 0 Å². The number of hydrogen-bond acceptors (Lipinski definition) is 3. The molecule has 1 heterocycles. The molecule has 1 aliphatic rings. The molecule has 4 heteroatoms. The van der Waals surface area contributed by atoms with E-state index in [0.29, 0.717) is 17.8 Å². The second kappa shape index (κ2) is 7.03. The Labute approximate surface area is 134 Å². The van der Waals surface area contributed by atoms with Crippen molar-refractivity contribution in [3.05, 3.63) is 23.8 Å². The number of amides is 1. The first kappa shape index (κ1) is 16.7. The van der Waals surface area contributed by atoms with Gasteiger partial charge in [0.15, 0.2) is 0 Å². The summed E-state index contributed by atoms with van der Waals surface area (Å²) in [7, 11) is 0. The van der Waals surface area contributed by atoms with Gasteiger partial charge in [0.25, 0.3) is 5.91 Å². The molecule has 0 bridgehead atoms. The molecule has 1 amide bonds. The molecule has 22 heavy (non-hydrogen) atoms. The fourth-order valence-corrected chi connectivity index (χ4v) is 3.37. The van der Waals surface area contributed by atoms with E-state index in [-0.39, 0.29) is 5.91 Å². The molecular weight excluding hydrogens is 274 g/mol. The summed E-state index contributed by atoms with van der Waals surface area (Å²) in [4.78, 5) is 17.2. The van der Waals surface area contributed by atoms with Crippen LogP contribution in [0.5, 0.6) is 0 Å². The Morgan fingerprint density at radius 3 is 2.23 bits per heavy atom. The van der Waals surface area contributed by atoms with Crippen LogP contribution in [-0.2, 0) is 0 Å². The van der Waals surface area contributed by atoms with Crippen LogP contribution in [0.1, 0.15) is 57.3 Å². The Morgan fingerprint density at radius 2 is 1.68 bits per heavy atom. The van der Waals surface area contributed by atoms with Gasteiger partial charge in [-0.1, -0.05) is 0 Å². The first-order chi connectivity index (χ1) is 10.4. The van der Waals surface area contributed by atoms with Gasteiger partial charge in [0.05, 0.1) is 11.3 Å². The van der Waals surface area contributed by atoms with Gasteiger partial charge in [-0.2, -0.15) is 0 Å². The number of rotatable bonds is 4. The lowest BCUT2D eigenvalue weighted by Crippen LogP contribution is -2.40. The zero-order valence-corrected chi connectivity index (χ0v) is 14.3. The second-order valence-corrected chi connectivity index (χ2v) is 6.72. The van der Waals surface area contributed by atoms with E-state index in [1.807, 2.05) is 23.1 Å². The molecule has 0 unspecified atom stereocenters. The molecule has 4 nitrogen and oxygen atoms in total. The van der Waals surface area contributed by atoms with Crippen LogP contribution in [0.25, 0.3) is 0 Å². The summed E-state index contributed by atoms with van der Waals surface area (Å²) in [5, 5.41) is 0. The van der Waals surface area contributed by atoms with E-state index >= 15 is 0 Å². The number of carbonyl (C=O) groups excluding carboxylic acids is 1. The van der Waals surface area contributed by atoms with E-state index in [1.165, 1.54) is 6.42 Å². The van der Waals surface area contributed by atoms with Crippen LogP contribution < -0.4 is 10.6 Å². The second-order valence-electron chi connectivity index (χ2n) is 6.72. The van der Waals surface area contributed by atoms with Crippen molar-refractivity contribution < 1.29 is 4.79 Å². The molecule has 2 rings (SSSR count). The van der Waals surface area contributed by atoms with Crippen LogP contribution in [-0.4, -0.2) is 36.0 Å². The number of piperidine rings is 1. The third-order valence-corrected chi connectivity index (χ3v) is 4.29. The highest BCUT2D eigenvalue weighted by Crippen LogP contribution is 2.29. The van der Waals surface area contributed by atoms with Gasteiger partial charge in [-0.25, -0.2) is 0 Å². The van der Waals surface area contributed by atoms with Crippen molar-refractivity contribution in [2.24, 2.45) is 0 Å². The van der Waals surface area contributed by atoms with Gasteiger partial charge in [-0.15, -0.1) is 0 Å². The molecule has 1 aromatic carbocycles. The summed E-state index contributed by atoms with van der Waals surface area (Å²) in [6, 6.07) is 6.38. The van der Waals surface area contributed by atoms with Crippen molar-refractivity contribution in [3.63, 3.8) is 0 Å². The minimum absolute atomic E-state index is 0.119. The topological polar surface area (TPSA) is 49.6 Å². The number of nitrogens with two attached hydrogens (primary N) is 1. The molecule has 1 saturated heterocycles. The van der Waals surface area contributed by atoms with E-state index in [1.54, 1.807) is 0 Å². The summed E-state index contributed by atoms with van der Waals surface area (Å²) in [6.07, 6.45) is 3.42. The molecule has 0 radical (unpaired) electrons. The molecular formula is C18H29N3O. The minimum atomic E-state index is 0.119. The number of likely N-dealkylation sites (tertiary alicyclic amines) is 1. The normalized spacial score (nSPS) is 15.5. The first-order valence-electron chi connectivity index (χ1n) is 8.39. The fraction of sp³-hybridized carbons (Fsp3) is 0.611. The van der Waals surface area contributed by atoms with Gasteiger partial charge in [0.1, 0.15) is 0 Å². The predicted molar refractivity (Wildman–Crippen MR) is 93.4 cm³/mol. The quantitative estimate of drug-likeness (QED) is 0.866. The molecule has 1 fully saturated rings. The van der Waals surface area contributed by atoms with E-state index in [4.69, 9.17) is 5.73 Å². The van der Waals surface area contributed by atoms with Gasteiger partial charge in [-0.3, -0.25) is 4.79 Å². The Hall–Kier alpha value is -1.71. The zero-order chi connectivity index (χ0) is 16.3. The van der Waals surface area contributed by atoms with Crippen LogP contribution >= 0.6 is 0 Å². The third-order valence-electron chi connectivity index (χ3n) is 4.29. The number of carbonyl (C=O) groups is 1. The van der Waals surface area contributed by atoms with E-state index in [2.05, 4.69) is 32.6 Å². The van der Waals surface area contributed by atoms with Crippen molar-refractivity contribution in [3.8, 4) is 0 Å². The van der Waals surface area contributed by atoms with Gasteiger partial charge in [0, 0.05) is 30.9 Å². The molecule has 1 aromatic rings. The van der Waals surface area contributed by atoms with Crippen molar-refractivity contribution in [2.45, 2.75) is 59.0 Å². The zero-order valence-electron chi connectivity index (χ0n) is 14.3. The van der Waals surface area contributed by atoms with Crippen molar-refractivity contribution in [1.29, 1.82) is 0 Å². The average molecular weight is 303 g/mol. The standard InChI is InChI=1S/C18H29N3O/c1-13(2)21(14(3)4)17-9-8-15(19)12-16(17)18(22)20-10-6-5-7-11-20/h8-9,12-14H,5-7,10-11,19H2,1-4H3. The largest absolute Gasteiger partial charge is 0.399 e. The van der Waals surface area contributed by atoms with Crippen molar-refractivity contribution >= 4 is 17.3 Å². The molecule has 0 aromatic heterocycles. The monoisotopic (exact) mass is 303 g/mol. The highest BCUT2D eigenvalue weighted by molar-refractivity contribution is 6.01. The lowest BCUT2D eigenvalue weighted by molar-refractivity contribution is 0.0725. The maximum absolute atomic E-state index is 13.0.